The number of rotatable bonds is 5. The van der Waals surface area contributed by atoms with E-state index in [0.29, 0.717) is 6.20 Å². The highest BCUT2D eigenvalue weighted by molar-refractivity contribution is 6.01. The van der Waals surface area contributed by atoms with E-state index >= 15 is 0 Å². The molecule has 1 aliphatic carbocycles. The third-order valence-corrected chi connectivity index (χ3v) is 7.08. The first-order chi connectivity index (χ1) is 17.2. The summed E-state index contributed by atoms with van der Waals surface area (Å²) in [6.45, 7) is -0.0662. The lowest BCUT2D eigenvalue weighted by Gasteiger charge is -2.31. The lowest BCUT2D eigenvalue weighted by atomic mass is 9.86. The van der Waals surface area contributed by atoms with Gasteiger partial charge in [-0.3, -0.25) is 9.20 Å². The van der Waals surface area contributed by atoms with Crippen molar-refractivity contribution in [2.24, 2.45) is 5.92 Å². The quantitative estimate of drug-likeness (QED) is 0.436. The number of halogens is 6. The molecule has 8 nitrogen and oxygen atoms in total. The predicted octanol–water partition coefficient (Wildman–Crippen LogP) is 3.49. The Balaban J connectivity index is 1.75. The summed E-state index contributed by atoms with van der Waals surface area (Å²) in [4.78, 5) is 21.9. The fourth-order valence-corrected chi connectivity index (χ4v) is 4.80. The summed E-state index contributed by atoms with van der Waals surface area (Å²) in [5.41, 5.74) is -0.967. The molecule has 2 aromatic heterocycles. The third-order valence-electron chi connectivity index (χ3n) is 7.08. The van der Waals surface area contributed by atoms with E-state index in [1.165, 1.54) is 11.0 Å². The van der Waals surface area contributed by atoms with Crippen molar-refractivity contribution in [2.45, 2.75) is 50.3 Å². The molecule has 2 aliphatic rings. The molecule has 0 bridgehead atoms. The Bertz CT molecular complexity index is 1410. The molecule has 198 valence electrons. The van der Waals surface area contributed by atoms with Crippen LogP contribution in [0.3, 0.4) is 0 Å². The predicted molar refractivity (Wildman–Crippen MR) is 117 cm³/mol. The number of carbonyl (C=O) groups excluding carboxylic acids is 1. The van der Waals surface area contributed by atoms with Gasteiger partial charge in [-0.15, -0.1) is 0 Å². The smallest absolute Gasteiger partial charge is 0.393 e. The lowest BCUT2D eigenvalue weighted by molar-refractivity contribution is -0.277. The monoisotopic (exact) mass is 529 g/mol. The molecule has 0 radical (unpaired) electrons. The van der Waals surface area contributed by atoms with Crippen LogP contribution in [-0.2, 0) is 18.3 Å². The van der Waals surface area contributed by atoms with E-state index in [2.05, 4.69) is 9.97 Å². The normalized spacial score (nSPS) is 18.8. The Labute approximate surface area is 205 Å². The van der Waals surface area contributed by atoms with Crippen LogP contribution in [-0.4, -0.2) is 54.2 Å². The molecule has 37 heavy (non-hydrogen) atoms. The van der Waals surface area contributed by atoms with Gasteiger partial charge in [0.25, 0.3) is 5.91 Å². The van der Waals surface area contributed by atoms with Crippen LogP contribution in [0.1, 0.15) is 46.9 Å². The van der Waals surface area contributed by atoms with Gasteiger partial charge in [0, 0.05) is 29.9 Å². The van der Waals surface area contributed by atoms with Crippen molar-refractivity contribution in [1.82, 2.24) is 19.3 Å². The number of imidazole rings is 1. The maximum atomic E-state index is 14.0. The van der Waals surface area contributed by atoms with Crippen LogP contribution in [0.2, 0.25) is 0 Å². The molecule has 2 atom stereocenters. The highest BCUT2D eigenvalue weighted by Crippen LogP contribution is 2.46. The van der Waals surface area contributed by atoms with E-state index in [9.17, 15) is 41.4 Å². The van der Waals surface area contributed by atoms with Gasteiger partial charge in [-0.25, -0.2) is 9.97 Å². The molecule has 0 saturated heterocycles. The summed E-state index contributed by atoms with van der Waals surface area (Å²) in [6.07, 6.45) is -6.81. The number of aliphatic hydroxyl groups is 2. The van der Waals surface area contributed by atoms with Crippen molar-refractivity contribution in [1.29, 1.82) is 0 Å². The number of nitrogen functional groups attached to an aromatic ring is 1. The number of nitrogens with two attached hydrogens (primary N) is 1. The number of alkyl halides is 6. The number of anilines is 1. The molecule has 3 heterocycles. The van der Waals surface area contributed by atoms with Gasteiger partial charge in [-0.2, -0.15) is 26.3 Å². The van der Waals surface area contributed by atoms with Gasteiger partial charge in [0.1, 0.15) is 0 Å². The van der Waals surface area contributed by atoms with Crippen molar-refractivity contribution in [3.8, 4) is 11.3 Å². The number of hydrogen-bond donors (Lipinski definition) is 3. The van der Waals surface area contributed by atoms with Gasteiger partial charge in [0.2, 0.25) is 5.60 Å². The molecule has 4 N–H and O–H groups in total. The molecule has 14 heteroatoms. The second kappa shape index (κ2) is 8.05. The largest absolute Gasteiger partial charge is 0.434 e. The van der Waals surface area contributed by atoms with Gasteiger partial charge >= 0.3 is 12.4 Å². The van der Waals surface area contributed by atoms with Gasteiger partial charge in [-0.1, -0.05) is 0 Å². The van der Waals surface area contributed by atoms with Crippen LogP contribution < -0.4 is 5.73 Å². The Hall–Kier alpha value is -3.39. The van der Waals surface area contributed by atoms with E-state index in [1.807, 2.05) is 0 Å². The fraction of sp³-hybridized carbons (Fsp3) is 0.435. The minimum absolute atomic E-state index is 0.0650. The molecule has 0 spiro atoms. The Kier molecular flexibility index (Phi) is 5.50. The van der Waals surface area contributed by atoms with E-state index in [1.54, 1.807) is 6.92 Å². The van der Waals surface area contributed by atoms with Crippen molar-refractivity contribution in [2.75, 3.05) is 12.3 Å². The van der Waals surface area contributed by atoms with Crippen molar-refractivity contribution < 1.29 is 41.4 Å². The van der Waals surface area contributed by atoms with Crippen LogP contribution in [0.15, 0.2) is 24.5 Å². The number of amides is 1. The standard InChI is InChI=1S/C23H21F6N5O3/c1-10(11-2-3-11)33-7-13-4-12(5-14(17(13)20(33)36)21(37,9-35)23(27,28)29)15-6-31-19-18(30)32-16(8-34(15)19)22(24,25)26/h4-6,8,10-11,35,37H,2-3,7,9H2,1H3,(H2,30,32). The third kappa shape index (κ3) is 3.89. The number of aliphatic hydroxyl groups excluding tert-OH is 1. The summed E-state index contributed by atoms with van der Waals surface area (Å²) < 4.78 is 83.2. The summed E-state index contributed by atoms with van der Waals surface area (Å²) >= 11 is 0. The van der Waals surface area contributed by atoms with E-state index in [-0.39, 0.29) is 41.0 Å². The lowest BCUT2D eigenvalue weighted by Crippen LogP contribution is -2.47. The average Bonchev–Trinajstić information content (AvgIpc) is 3.49. The Morgan fingerprint density at radius 2 is 1.86 bits per heavy atom. The van der Waals surface area contributed by atoms with E-state index in [4.69, 9.17) is 5.73 Å². The zero-order valence-corrected chi connectivity index (χ0v) is 19.2. The number of hydrogen-bond acceptors (Lipinski definition) is 6. The summed E-state index contributed by atoms with van der Waals surface area (Å²) in [7, 11) is 0. The molecule has 1 fully saturated rings. The van der Waals surface area contributed by atoms with Crippen LogP contribution in [0.5, 0.6) is 0 Å². The zero-order chi connectivity index (χ0) is 27.1. The molecule has 1 saturated carbocycles. The van der Waals surface area contributed by atoms with Crippen LogP contribution >= 0.6 is 0 Å². The maximum absolute atomic E-state index is 14.0. The van der Waals surface area contributed by atoms with Gasteiger partial charge in [-0.05, 0) is 43.4 Å². The maximum Gasteiger partial charge on any atom is 0.434 e. The molecule has 3 aromatic rings. The zero-order valence-electron chi connectivity index (χ0n) is 19.2. The van der Waals surface area contributed by atoms with E-state index < -0.39 is 53.1 Å². The summed E-state index contributed by atoms with van der Waals surface area (Å²) in [5, 5.41) is 20.3. The van der Waals surface area contributed by atoms with E-state index in [0.717, 1.165) is 29.5 Å². The highest BCUT2D eigenvalue weighted by Gasteiger charge is 2.57. The number of fused-ring (bicyclic) bond motifs is 2. The fourth-order valence-electron chi connectivity index (χ4n) is 4.80. The number of benzene rings is 1. The van der Waals surface area contributed by atoms with Gasteiger partial charge in [0.05, 0.1) is 24.1 Å². The molecule has 1 aromatic carbocycles. The second-order valence-corrected chi connectivity index (χ2v) is 9.43. The molecule has 5 rings (SSSR count). The number of carbonyl (C=O) groups is 1. The highest BCUT2D eigenvalue weighted by atomic mass is 19.4. The van der Waals surface area contributed by atoms with Crippen molar-refractivity contribution in [3.63, 3.8) is 0 Å². The molecule has 2 unspecified atom stereocenters. The summed E-state index contributed by atoms with van der Waals surface area (Å²) in [6, 6.07) is 1.94. The Morgan fingerprint density at radius 1 is 1.19 bits per heavy atom. The number of aromatic nitrogens is 3. The number of nitrogens with zero attached hydrogens (tertiary/aromatic N) is 4. The Morgan fingerprint density at radius 3 is 2.43 bits per heavy atom. The first-order valence-electron chi connectivity index (χ1n) is 11.3. The van der Waals surface area contributed by atoms with Crippen LogP contribution in [0.25, 0.3) is 16.9 Å². The van der Waals surface area contributed by atoms with Gasteiger partial charge in [0.15, 0.2) is 17.2 Å². The molecule has 1 aliphatic heterocycles. The van der Waals surface area contributed by atoms with Gasteiger partial charge < -0.3 is 20.8 Å². The summed E-state index contributed by atoms with van der Waals surface area (Å²) in [5.74, 6) is -1.09. The SMILES string of the molecule is CC(C1CC1)N1Cc2cc(-c3cnc4c(N)nc(C(F)(F)F)cn34)cc(C(O)(CO)C(F)(F)F)c2C1=O. The topological polar surface area (TPSA) is 117 Å². The van der Waals surface area contributed by atoms with Crippen molar-refractivity contribution >= 4 is 17.4 Å². The molecule has 1 amide bonds. The minimum atomic E-state index is -5.37. The first kappa shape index (κ1) is 25.3. The average molecular weight is 529 g/mol. The minimum Gasteiger partial charge on any atom is -0.393 e. The second-order valence-electron chi connectivity index (χ2n) is 9.43. The van der Waals surface area contributed by atoms with Crippen LogP contribution in [0.4, 0.5) is 32.2 Å². The van der Waals surface area contributed by atoms with Crippen LogP contribution in [0, 0.1) is 5.92 Å². The molecular weight excluding hydrogens is 508 g/mol. The first-order valence-corrected chi connectivity index (χ1v) is 11.3. The van der Waals surface area contributed by atoms with Crippen molar-refractivity contribution in [3.05, 3.63) is 46.9 Å². The molecular formula is C23H21F6N5O3.